The van der Waals surface area contributed by atoms with Crippen molar-refractivity contribution in [1.82, 2.24) is 0 Å². The zero-order valence-corrected chi connectivity index (χ0v) is 7.64. The van der Waals surface area contributed by atoms with Crippen LogP contribution in [-0.2, 0) is 13.4 Å². The van der Waals surface area contributed by atoms with Crippen molar-refractivity contribution in [3.8, 4) is 0 Å². The van der Waals surface area contributed by atoms with Gasteiger partial charge in [0.2, 0.25) is 0 Å². The van der Waals surface area contributed by atoms with Gasteiger partial charge in [-0.15, -0.1) is 0 Å². The van der Waals surface area contributed by atoms with Gasteiger partial charge in [-0.3, -0.25) is 4.31 Å². The van der Waals surface area contributed by atoms with Crippen LogP contribution in [0.2, 0.25) is 0 Å². The largest absolute Gasteiger partial charge is 0.336 e. The molecule has 0 fully saturated rings. The maximum Gasteiger partial charge on any atom is 0.161 e. The fourth-order valence-electron chi connectivity index (χ4n) is 0.194. The van der Waals surface area contributed by atoms with Gasteiger partial charge in [0.15, 0.2) is 18.1 Å². The Kier molecular flexibility index (Phi) is 9.46. The second-order valence-electron chi connectivity index (χ2n) is 1.13. The second kappa shape index (κ2) is 8.74. The van der Waals surface area contributed by atoms with Crippen LogP contribution >= 0.6 is 18.1 Å². The van der Waals surface area contributed by atoms with Crippen LogP contribution in [-0.4, -0.2) is 13.2 Å². The molecule has 0 aromatic heterocycles. The van der Waals surface area contributed by atoms with E-state index in [4.69, 9.17) is 13.4 Å². The zero-order valence-electron chi connectivity index (χ0n) is 5.64. The minimum absolute atomic E-state index is 0.129. The third-order valence-electron chi connectivity index (χ3n) is 0.490. The lowest BCUT2D eigenvalue weighted by atomic mass is 10.9. The number of hydrogen-bond donors (Lipinski definition) is 0. The van der Waals surface area contributed by atoms with Gasteiger partial charge in [0.1, 0.15) is 0 Å². The summed E-state index contributed by atoms with van der Waals surface area (Å²) < 4.78 is 14.8. The third kappa shape index (κ3) is 8.74. The molecular weight excluding hydrogens is 158 g/mol. The molecule has 0 aromatic carbocycles. The molecule has 9 heavy (non-hydrogen) atoms. The van der Waals surface area contributed by atoms with Crippen LogP contribution < -0.4 is 0 Å². The van der Waals surface area contributed by atoms with E-state index < -0.39 is 0 Å². The van der Waals surface area contributed by atoms with Gasteiger partial charge < -0.3 is 9.05 Å². The monoisotopic (exact) mass is 170 g/mol. The molecule has 0 saturated heterocycles. The molecule has 0 aliphatic heterocycles. The van der Waals surface area contributed by atoms with Gasteiger partial charge in [-0.25, -0.2) is 0 Å². The molecule has 0 aliphatic rings. The van der Waals surface area contributed by atoms with Gasteiger partial charge in [0, 0.05) is 0 Å². The van der Waals surface area contributed by atoms with Crippen molar-refractivity contribution < 1.29 is 13.4 Å². The van der Waals surface area contributed by atoms with Crippen LogP contribution in [0.5, 0.6) is 0 Å². The van der Waals surface area contributed by atoms with Crippen molar-refractivity contribution in [3.63, 3.8) is 0 Å². The molecule has 0 bridgehead atoms. The molecule has 0 aromatic rings. The van der Waals surface area contributed by atoms with E-state index in [1.165, 1.54) is 0 Å². The molecule has 0 heterocycles. The lowest BCUT2D eigenvalue weighted by Gasteiger charge is -2.00. The molecule has 0 spiro atoms. The van der Waals surface area contributed by atoms with Gasteiger partial charge in [0.05, 0.1) is 13.2 Å². The summed E-state index contributed by atoms with van der Waals surface area (Å²) >= 11 is 0. The summed E-state index contributed by atoms with van der Waals surface area (Å²) in [4.78, 5) is 0. The van der Waals surface area contributed by atoms with Crippen molar-refractivity contribution in [1.29, 1.82) is 0 Å². The zero-order chi connectivity index (χ0) is 6.95. The van der Waals surface area contributed by atoms with Crippen LogP contribution in [0.25, 0.3) is 0 Å². The first-order valence-electron chi connectivity index (χ1n) is 2.81. The van der Waals surface area contributed by atoms with Gasteiger partial charge in [-0.2, -0.15) is 0 Å². The average molecular weight is 170 g/mol. The number of hydrogen-bond acceptors (Lipinski definition) is 3. The average Bonchev–Trinajstić information content (AvgIpc) is 1.89. The van der Waals surface area contributed by atoms with E-state index in [2.05, 4.69) is 0 Å². The van der Waals surface area contributed by atoms with Gasteiger partial charge in [-0.05, 0) is 13.8 Å². The standard InChI is InChI=1S/C4H12O3P2/c1-3-5-8-7-9-6-4-2/h8-9H,3-4H2,1-2H3. The molecule has 0 aliphatic carbocycles. The quantitative estimate of drug-likeness (QED) is 0.451. The highest BCUT2D eigenvalue weighted by atomic mass is 31.2. The van der Waals surface area contributed by atoms with E-state index in [9.17, 15) is 0 Å². The molecule has 0 radical (unpaired) electrons. The van der Waals surface area contributed by atoms with Crippen LogP contribution in [0.4, 0.5) is 0 Å². The minimum atomic E-state index is 0.129. The van der Waals surface area contributed by atoms with Crippen molar-refractivity contribution in [3.05, 3.63) is 0 Å². The Bertz CT molecular complexity index is 47.1. The Morgan fingerprint density at radius 3 is 1.78 bits per heavy atom. The van der Waals surface area contributed by atoms with Crippen LogP contribution in [0, 0.1) is 0 Å². The first-order chi connectivity index (χ1) is 4.41. The molecule has 0 rings (SSSR count). The summed E-state index contributed by atoms with van der Waals surface area (Å²) in [5.41, 5.74) is 0. The fourth-order valence-corrected chi connectivity index (χ4v) is 1.04. The summed E-state index contributed by atoms with van der Waals surface area (Å²) in [7, 11) is 0.259. The SMILES string of the molecule is CCOPOPOCC. The predicted molar refractivity (Wildman–Crippen MR) is 41.0 cm³/mol. The topological polar surface area (TPSA) is 27.7 Å². The highest BCUT2D eigenvalue weighted by molar-refractivity contribution is 7.40. The van der Waals surface area contributed by atoms with Gasteiger partial charge >= 0.3 is 0 Å². The smallest absolute Gasteiger partial charge is 0.161 e. The van der Waals surface area contributed by atoms with E-state index in [0.717, 1.165) is 0 Å². The Hall–Kier alpha value is 0.740. The van der Waals surface area contributed by atoms with Crippen LogP contribution in [0.1, 0.15) is 13.8 Å². The van der Waals surface area contributed by atoms with Crippen molar-refractivity contribution >= 4 is 18.1 Å². The molecule has 56 valence electrons. The summed E-state index contributed by atoms with van der Waals surface area (Å²) in [5.74, 6) is 0. The van der Waals surface area contributed by atoms with E-state index in [1.54, 1.807) is 0 Å². The lowest BCUT2D eigenvalue weighted by Crippen LogP contribution is -1.75. The first-order valence-corrected chi connectivity index (χ1v) is 4.44. The first kappa shape index (κ1) is 9.74. The summed E-state index contributed by atoms with van der Waals surface area (Å²) in [5, 5.41) is 0. The van der Waals surface area contributed by atoms with Crippen LogP contribution in [0.15, 0.2) is 0 Å². The minimum Gasteiger partial charge on any atom is -0.336 e. The maximum atomic E-state index is 4.93. The third-order valence-corrected chi connectivity index (χ3v) is 1.97. The number of rotatable bonds is 6. The van der Waals surface area contributed by atoms with Crippen molar-refractivity contribution in [2.24, 2.45) is 0 Å². The lowest BCUT2D eigenvalue weighted by molar-refractivity contribution is 0.326. The van der Waals surface area contributed by atoms with Crippen LogP contribution in [0.3, 0.4) is 0 Å². The predicted octanol–water partition coefficient (Wildman–Crippen LogP) is 2.09. The molecule has 0 N–H and O–H groups in total. The summed E-state index contributed by atoms with van der Waals surface area (Å²) in [6.07, 6.45) is 0. The molecule has 2 atom stereocenters. The highest BCUT2D eigenvalue weighted by Crippen LogP contribution is 2.27. The van der Waals surface area contributed by atoms with Crippen molar-refractivity contribution in [2.75, 3.05) is 13.2 Å². The van der Waals surface area contributed by atoms with Crippen molar-refractivity contribution in [2.45, 2.75) is 13.8 Å². The van der Waals surface area contributed by atoms with E-state index in [-0.39, 0.29) is 18.1 Å². The highest BCUT2D eigenvalue weighted by Gasteiger charge is 1.84. The van der Waals surface area contributed by atoms with E-state index in [0.29, 0.717) is 13.2 Å². The Morgan fingerprint density at radius 1 is 1.00 bits per heavy atom. The Morgan fingerprint density at radius 2 is 1.44 bits per heavy atom. The Balaban J connectivity index is 2.60. The van der Waals surface area contributed by atoms with Gasteiger partial charge in [0.25, 0.3) is 0 Å². The maximum absolute atomic E-state index is 4.93. The summed E-state index contributed by atoms with van der Waals surface area (Å²) in [6, 6.07) is 0. The molecule has 0 saturated carbocycles. The molecule has 3 nitrogen and oxygen atoms in total. The summed E-state index contributed by atoms with van der Waals surface area (Å²) in [6.45, 7) is 5.27. The molecular formula is C4H12O3P2. The second-order valence-corrected chi connectivity index (χ2v) is 2.86. The van der Waals surface area contributed by atoms with E-state index in [1.807, 2.05) is 13.8 Å². The fraction of sp³-hybridized carbons (Fsp3) is 1.00. The molecule has 2 unspecified atom stereocenters. The molecule has 5 heteroatoms. The normalized spacial score (nSPS) is 12.7. The molecule has 0 amide bonds. The Labute approximate surface area is 59.4 Å². The van der Waals surface area contributed by atoms with Gasteiger partial charge in [-0.1, -0.05) is 0 Å². The van der Waals surface area contributed by atoms with E-state index >= 15 is 0 Å².